The quantitative estimate of drug-likeness (QED) is 0.566. The van der Waals surface area contributed by atoms with E-state index in [2.05, 4.69) is 20.6 Å². The molecule has 0 bridgehead atoms. The molecule has 0 amide bonds. The first kappa shape index (κ1) is 15.0. The van der Waals surface area contributed by atoms with Gasteiger partial charge < -0.3 is 16.0 Å². The smallest absolute Gasteiger partial charge is 0.134 e. The van der Waals surface area contributed by atoms with Crippen LogP contribution in [0.5, 0.6) is 0 Å². The average molecular weight is 302 g/mol. The maximum Gasteiger partial charge on any atom is 0.134 e. The first-order valence-corrected chi connectivity index (χ1v) is 6.79. The van der Waals surface area contributed by atoms with E-state index in [4.69, 9.17) is 17.0 Å². The number of halogens is 1. The second-order valence-electron chi connectivity index (χ2n) is 4.31. The van der Waals surface area contributed by atoms with Crippen LogP contribution in [0.15, 0.2) is 42.9 Å². The Kier molecular flexibility index (Phi) is 5.29. The predicted octanol–water partition coefficient (Wildman–Crippen LogP) is 2.95. The second-order valence-corrected chi connectivity index (χ2v) is 4.70. The third-order valence-electron chi connectivity index (χ3n) is 2.85. The summed E-state index contributed by atoms with van der Waals surface area (Å²) in [6.45, 7) is 0.642. The van der Waals surface area contributed by atoms with E-state index < -0.39 is 0 Å². The van der Waals surface area contributed by atoms with Crippen molar-refractivity contribution in [2.24, 2.45) is 0 Å². The van der Waals surface area contributed by atoms with Gasteiger partial charge in [0.15, 0.2) is 0 Å². The normalized spacial score (nSPS) is 11.0. The Morgan fingerprint density at radius 1 is 1.29 bits per heavy atom. The van der Waals surface area contributed by atoms with Crippen molar-refractivity contribution in [2.75, 3.05) is 12.4 Å². The van der Waals surface area contributed by atoms with E-state index in [0.29, 0.717) is 17.5 Å². The van der Waals surface area contributed by atoms with Gasteiger partial charge in [-0.3, -0.25) is 0 Å². The van der Waals surface area contributed by atoms with Crippen LogP contribution in [0.2, 0.25) is 5.15 Å². The topological polar surface area (TPSA) is 73.7 Å². The van der Waals surface area contributed by atoms with E-state index in [1.54, 1.807) is 12.3 Å². The summed E-state index contributed by atoms with van der Waals surface area (Å²) in [7, 11) is 1.81. The Balaban J connectivity index is 2.02. The molecule has 2 aromatic rings. The zero-order valence-electron chi connectivity index (χ0n) is 11.6. The number of rotatable bonds is 6. The van der Waals surface area contributed by atoms with Gasteiger partial charge in [-0.05, 0) is 11.1 Å². The molecule has 0 spiro atoms. The van der Waals surface area contributed by atoms with Crippen molar-refractivity contribution in [3.05, 3.63) is 59.1 Å². The maximum absolute atomic E-state index is 7.40. The van der Waals surface area contributed by atoms with Crippen LogP contribution in [0, 0.1) is 5.41 Å². The number of allylic oxidation sites excluding steroid dienone is 1. The van der Waals surface area contributed by atoms with Crippen LogP contribution in [-0.4, -0.2) is 23.2 Å². The highest BCUT2D eigenvalue weighted by atomic mass is 35.5. The monoisotopic (exact) mass is 301 g/mol. The molecule has 1 heterocycles. The van der Waals surface area contributed by atoms with Crippen molar-refractivity contribution in [1.82, 2.24) is 15.3 Å². The molecule has 5 nitrogen and oxygen atoms in total. The minimum Gasteiger partial charge on any atom is -0.393 e. The molecular formula is C15H16ClN5. The van der Waals surface area contributed by atoms with Gasteiger partial charge in [0.2, 0.25) is 0 Å². The summed E-state index contributed by atoms with van der Waals surface area (Å²) in [4.78, 5) is 7.92. The first-order valence-electron chi connectivity index (χ1n) is 6.41. The van der Waals surface area contributed by atoms with Crippen molar-refractivity contribution >= 4 is 29.2 Å². The van der Waals surface area contributed by atoms with Gasteiger partial charge in [0.25, 0.3) is 0 Å². The second kappa shape index (κ2) is 7.40. The van der Waals surface area contributed by atoms with Crippen LogP contribution in [0.4, 0.5) is 5.82 Å². The lowest BCUT2D eigenvalue weighted by atomic mass is 10.1. The molecule has 0 atom stereocenters. The molecule has 0 unspecified atom stereocenters. The molecule has 21 heavy (non-hydrogen) atoms. The molecule has 6 heteroatoms. The highest BCUT2D eigenvalue weighted by Gasteiger charge is 2.00. The summed E-state index contributed by atoms with van der Waals surface area (Å²) in [5.41, 5.74) is 2.94. The van der Waals surface area contributed by atoms with Crippen LogP contribution in [0.3, 0.4) is 0 Å². The Bertz CT molecular complexity index is 637. The molecule has 108 valence electrons. The lowest BCUT2D eigenvalue weighted by molar-refractivity contribution is 1.08. The van der Waals surface area contributed by atoms with Crippen LogP contribution < -0.4 is 10.6 Å². The van der Waals surface area contributed by atoms with Crippen LogP contribution in [-0.2, 0) is 6.54 Å². The van der Waals surface area contributed by atoms with Gasteiger partial charge in [-0.15, -0.1) is 0 Å². The molecule has 0 saturated carbocycles. The van der Waals surface area contributed by atoms with E-state index in [1.807, 2.05) is 31.3 Å². The minimum atomic E-state index is 0.413. The number of hydrogen-bond acceptors (Lipinski definition) is 5. The zero-order valence-corrected chi connectivity index (χ0v) is 12.4. The molecule has 0 radical (unpaired) electrons. The number of anilines is 1. The van der Waals surface area contributed by atoms with Gasteiger partial charge in [-0.1, -0.05) is 35.9 Å². The van der Waals surface area contributed by atoms with Crippen LogP contribution in [0.1, 0.15) is 11.1 Å². The highest BCUT2D eigenvalue weighted by molar-refractivity contribution is 6.29. The summed E-state index contributed by atoms with van der Waals surface area (Å²) in [5, 5.41) is 13.9. The van der Waals surface area contributed by atoms with E-state index >= 15 is 0 Å². The summed E-state index contributed by atoms with van der Waals surface area (Å²) in [5.74, 6) is 0.689. The summed E-state index contributed by atoms with van der Waals surface area (Å²) >= 11 is 5.80. The molecular weight excluding hydrogens is 286 g/mol. The van der Waals surface area contributed by atoms with E-state index in [9.17, 15) is 0 Å². The lowest BCUT2D eigenvalue weighted by Gasteiger charge is -2.07. The van der Waals surface area contributed by atoms with Gasteiger partial charge >= 0.3 is 0 Å². The van der Waals surface area contributed by atoms with Crippen molar-refractivity contribution < 1.29 is 0 Å². The van der Waals surface area contributed by atoms with Crippen molar-refractivity contribution in [3.8, 4) is 0 Å². The third kappa shape index (κ3) is 4.29. The molecule has 0 saturated heterocycles. The van der Waals surface area contributed by atoms with Gasteiger partial charge in [-0.2, -0.15) is 0 Å². The standard InChI is InChI=1S/C15H16ClN5/c1-18-9-13(7-17)12-4-2-11(3-5-12)8-19-15-6-14(16)20-10-21-15/h2-7,9-10,17-18H,8H2,1H3,(H,19,20,21)/b13-9+,17-7?. The SMILES string of the molecule is CN/C=C(\C=N)c1ccc(CNc2cc(Cl)ncn2)cc1. The Morgan fingerprint density at radius 2 is 2.05 bits per heavy atom. The number of nitrogens with one attached hydrogen (secondary N) is 3. The van der Waals surface area contributed by atoms with E-state index in [-0.39, 0.29) is 0 Å². The van der Waals surface area contributed by atoms with Crippen molar-refractivity contribution in [2.45, 2.75) is 6.54 Å². The lowest BCUT2D eigenvalue weighted by Crippen LogP contribution is -2.02. The average Bonchev–Trinajstić information content (AvgIpc) is 2.51. The molecule has 0 aliphatic carbocycles. The highest BCUT2D eigenvalue weighted by Crippen LogP contribution is 2.14. The Hall–Kier alpha value is -2.40. The molecule has 2 rings (SSSR count). The van der Waals surface area contributed by atoms with E-state index in [1.165, 1.54) is 12.5 Å². The van der Waals surface area contributed by atoms with Crippen LogP contribution >= 0.6 is 11.6 Å². The molecule has 0 aliphatic heterocycles. The van der Waals surface area contributed by atoms with Crippen molar-refractivity contribution in [1.29, 1.82) is 5.41 Å². The Labute approximate surface area is 128 Å². The number of aromatic nitrogens is 2. The predicted molar refractivity (Wildman–Crippen MR) is 86.6 cm³/mol. The third-order valence-corrected chi connectivity index (χ3v) is 3.06. The number of hydrogen-bond donors (Lipinski definition) is 3. The van der Waals surface area contributed by atoms with Crippen molar-refractivity contribution in [3.63, 3.8) is 0 Å². The zero-order chi connectivity index (χ0) is 15.1. The fourth-order valence-corrected chi connectivity index (χ4v) is 1.95. The maximum atomic E-state index is 7.40. The fraction of sp³-hybridized carbons (Fsp3) is 0.133. The minimum absolute atomic E-state index is 0.413. The summed E-state index contributed by atoms with van der Waals surface area (Å²) in [6, 6.07) is 9.67. The van der Waals surface area contributed by atoms with Crippen LogP contribution in [0.25, 0.3) is 5.57 Å². The molecule has 0 fully saturated rings. The number of nitrogens with zero attached hydrogens (tertiary/aromatic N) is 2. The molecule has 3 N–H and O–H groups in total. The summed E-state index contributed by atoms with van der Waals surface area (Å²) < 4.78 is 0. The largest absolute Gasteiger partial charge is 0.393 e. The van der Waals surface area contributed by atoms with Gasteiger partial charge in [0, 0.05) is 37.6 Å². The fourth-order valence-electron chi connectivity index (χ4n) is 1.80. The van der Waals surface area contributed by atoms with Gasteiger partial charge in [-0.25, -0.2) is 9.97 Å². The summed E-state index contributed by atoms with van der Waals surface area (Å²) in [6.07, 6.45) is 4.54. The van der Waals surface area contributed by atoms with Gasteiger partial charge in [0.05, 0.1) is 0 Å². The molecule has 1 aromatic heterocycles. The Morgan fingerprint density at radius 3 is 2.67 bits per heavy atom. The first-order chi connectivity index (χ1) is 10.2. The van der Waals surface area contributed by atoms with Gasteiger partial charge in [0.1, 0.15) is 17.3 Å². The number of benzene rings is 1. The molecule has 1 aromatic carbocycles. The van der Waals surface area contributed by atoms with E-state index in [0.717, 1.165) is 16.7 Å². The molecule has 0 aliphatic rings.